The molecule has 1 aliphatic carbocycles. The van der Waals surface area contributed by atoms with E-state index in [1.54, 1.807) is 0 Å². The highest BCUT2D eigenvalue weighted by Gasteiger charge is 2.55. The van der Waals surface area contributed by atoms with Gasteiger partial charge in [-0.1, -0.05) is 19.3 Å². The van der Waals surface area contributed by atoms with Crippen LogP contribution in [0.15, 0.2) is 0 Å². The largest absolute Gasteiger partial charge is 0.508 e. The van der Waals surface area contributed by atoms with Crippen molar-refractivity contribution in [3.63, 3.8) is 0 Å². The number of carbonyl (C=O) groups is 1. The number of hydrogen-bond acceptors (Lipinski definition) is 3. The van der Waals surface area contributed by atoms with Crippen molar-refractivity contribution in [3.05, 3.63) is 0 Å². The maximum absolute atomic E-state index is 11.8. The average Bonchev–Trinajstić information content (AvgIpc) is 2.46. The Bertz CT molecular complexity index is 331. The van der Waals surface area contributed by atoms with E-state index in [1.165, 1.54) is 13.5 Å². The van der Waals surface area contributed by atoms with Crippen LogP contribution >= 0.6 is 34.8 Å². The summed E-state index contributed by atoms with van der Waals surface area (Å²) < 4.78 is 10.4. The molecule has 4 atom stereocenters. The molecule has 0 aromatic rings. The summed E-state index contributed by atoms with van der Waals surface area (Å²) in [4.78, 5) is 11.8. The number of alkyl halides is 3. The first kappa shape index (κ1) is 20.2. The summed E-state index contributed by atoms with van der Waals surface area (Å²) in [6.07, 6.45) is 4.26. The Hall–Kier alpha value is 0.140. The van der Waals surface area contributed by atoms with E-state index in [0.29, 0.717) is 0 Å². The molecule has 130 valence electrons. The van der Waals surface area contributed by atoms with Gasteiger partial charge in [0, 0.05) is 16.1 Å². The molecule has 0 aromatic heterocycles. The quantitative estimate of drug-likeness (QED) is 0.450. The van der Waals surface area contributed by atoms with Crippen LogP contribution in [0.1, 0.15) is 52.9 Å². The van der Waals surface area contributed by atoms with Crippen LogP contribution in [0.2, 0.25) is 0 Å². The smallest absolute Gasteiger partial charge is 0.438 e. The Balaban J connectivity index is 3.25. The zero-order valence-corrected chi connectivity index (χ0v) is 16.0. The lowest BCUT2D eigenvalue weighted by molar-refractivity contribution is -0.0659. The molecule has 22 heavy (non-hydrogen) atoms. The summed E-state index contributed by atoms with van der Waals surface area (Å²) >= 11 is 19.6. The van der Waals surface area contributed by atoms with Gasteiger partial charge in [0.1, 0.15) is 6.10 Å². The fourth-order valence-corrected chi connectivity index (χ4v) is 5.52. The van der Waals surface area contributed by atoms with Crippen LogP contribution in [0.4, 0.5) is 4.79 Å². The molecule has 0 radical (unpaired) electrons. The molecular formula is C16H27Cl3O3. The molecule has 3 nitrogen and oxygen atoms in total. The Kier molecular flexibility index (Phi) is 8.11. The van der Waals surface area contributed by atoms with Crippen molar-refractivity contribution in [2.75, 3.05) is 7.11 Å². The molecule has 0 amide bonds. The van der Waals surface area contributed by atoms with Gasteiger partial charge in [-0.25, -0.2) is 4.79 Å². The van der Waals surface area contributed by atoms with Crippen molar-refractivity contribution >= 4 is 41.0 Å². The number of carbonyl (C=O) groups excluding carboxylic acids is 1. The molecule has 6 heteroatoms. The Morgan fingerprint density at radius 3 is 1.82 bits per heavy atom. The van der Waals surface area contributed by atoms with Crippen LogP contribution in [0.25, 0.3) is 0 Å². The zero-order chi connectivity index (χ0) is 16.9. The topological polar surface area (TPSA) is 35.5 Å². The molecule has 0 saturated heterocycles. The fraction of sp³-hybridized carbons (Fsp3) is 0.938. The number of rotatable bonds is 6. The van der Waals surface area contributed by atoms with E-state index in [1.807, 2.05) is 20.8 Å². The third kappa shape index (κ3) is 4.15. The highest BCUT2D eigenvalue weighted by molar-refractivity contribution is 6.27. The standard InChI is InChI=1S/C16H27Cl3O3/c1-10(17)16(11(2)18,12(3)19)14(22-15(20)21-4)13-8-6-5-7-9-13/h10-14H,5-9H2,1-4H3. The maximum atomic E-state index is 11.8. The number of hydrogen-bond donors (Lipinski definition) is 0. The highest BCUT2D eigenvalue weighted by atomic mass is 35.5. The average molecular weight is 374 g/mol. The minimum absolute atomic E-state index is 0.205. The molecule has 1 fully saturated rings. The van der Waals surface area contributed by atoms with Gasteiger partial charge in [-0.2, -0.15) is 0 Å². The van der Waals surface area contributed by atoms with E-state index in [2.05, 4.69) is 0 Å². The lowest BCUT2D eigenvalue weighted by Gasteiger charge is -2.49. The molecule has 0 N–H and O–H groups in total. The van der Waals surface area contributed by atoms with Gasteiger partial charge >= 0.3 is 6.16 Å². The predicted molar refractivity (Wildman–Crippen MR) is 92.2 cm³/mol. The number of halogens is 3. The monoisotopic (exact) mass is 372 g/mol. The Morgan fingerprint density at radius 1 is 1.00 bits per heavy atom. The maximum Gasteiger partial charge on any atom is 0.508 e. The molecule has 0 spiro atoms. The molecule has 1 rings (SSSR count). The van der Waals surface area contributed by atoms with Crippen LogP contribution in [0.3, 0.4) is 0 Å². The van der Waals surface area contributed by atoms with Gasteiger partial charge in [-0.05, 0) is 39.5 Å². The highest BCUT2D eigenvalue weighted by Crippen LogP contribution is 2.49. The van der Waals surface area contributed by atoms with Crippen LogP contribution in [0, 0.1) is 11.3 Å². The van der Waals surface area contributed by atoms with Crippen molar-refractivity contribution in [2.24, 2.45) is 11.3 Å². The van der Waals surface area contributed by atoms with Gasteiger partial charge in [0.05, 0.1) is 12.5 Å². The molecule has 1 aliphatic rings. The van der Waals surface area contributed by atoms with E-state index in [9.17, 15) is 4.79 Å². The van der Waals surface area contributed by atoms with Gasteiger partial charge < -0.3 is 9.47 Å². The van der Waals surface area contributed by atoms with Crippen LogP contribution in [-0.4, -0.2) is 35.5 Å². The summed E-state index contributed by atoms with van der Waals surface area (Å²) in [5.41, 5.74) is -0.721. The van der Waals surface area contributed by atoms with Gasteiger partial charge in [-0.3, -0.25) is 0 Å². The second-order valence-corrected chi connectivity index (χ2v) is 8.20. The van der Waals surface area contributed by atoms with Crippen molar-refractivity contribution in [2.45, 2.75) is 75.1 Å². The predicted octanol–water partition coefficient (Wildman–Crippen LogP) is 5.59. The van der Waals surface area contributed by atoms with E-state index >= 15 is 0 Å². The molecule has 0 aliphatic heterocycles. The van der Waals surface area contributed by atoms with Crippen molar-refractivity contribution in [3.8, 4) is 0 Å². The van der Waals surface area contributed by atoms with E-state index < -0.39 is 17.7 Å². The van der Waals surface area contributed by atoms with Gasteiger partial charge in [0.2, 0.25) is 0 Å². The summed E-state index contributed by atoms with van der Waals surface area (Å²) in [5, 5.41) is -1.03. The summed E-state index contributed by atoms with van der Waals surface area (Å²) in [7, 11) is 1.31. The normalized spacial score (nSPS) is 24.7. The third-order valence-corrected chi connectivity index (χ3v) is 6.16. The van der Waals surface area contributed by atoms with Crippen LogP contribution in [-0.2, 0) is 9.47 Å². The molecule has 0 aromatic carbocycles. The van der Waals surface area contributed by atoms with Crippen molar-refractivity contribution in [1.29, 1.82) is 0 Å². The van der Waals surface area contributed by atoms with Gasteiger partial charge in [-0.15, -0.1) is 34.8 Å². The lowest BCUT2D eigenvalue weighted by atomic mass is 9.66. The molecular weight excluding hydrogens is 347 g/mol. The van der Waals surface area contributed by atoms with Gasteiger partial charge in [0.25, 0.3) is 0 Å². The van der Waals surface area contributed by atoms with Gasteiger partial charge in [0.15, 0.2) is 0 Å². The lowest BCUT2D eigenvalue weighted by Crippen LogP contribution is -2.57. The molecule has 0 bridgehead atoms. The summed E-state index contributed by atoms with van der Waals surface area (Å²) in [5.74, 6) is 0.205. The zero-order valence-electron chi connectivity index (χ0n) is 13.8. The molecule has 0 heterocycles. The number of ether oxygens (including phenoxy) is 2. The molecule has 4 unspecified atom stereocenters. The minimum Gasteiger partial charge on any atom is -0.438 e. The van der Waals surface area contributed by atoms with E-state index in [4.69, 9.17) is 44.3 Å². The first-order valence-electron chi connectivity index (χ1n) is 7.95. The number of methoxy groups -OCH3 is 1. The first-order valence-corrected chi connectivity index (χ1v) is 9.26. The van der Waals surface area contributed by atoms with Crippen molar-refractivity contribution in [1.82, 2.24) is 0 Å². The second kappa shape index (κ2) is 8.84. The van der Waals surface area contributed by atoms with E-state index in [-0.39, 0.29) is 22.0 Å². The molecule has 1 saturated carbocycles. The van der Waals surface area contributed by atoms with E-state index in [0.717, 1.165) is 25.7 Å². The Labute approximate surface area is 149 Å². The van der Waals surface area contributed by atoms with Crippen LogP contribution in [0.5, 0.6) is 0 Å². The SMILES string of the molecule is COC(=O)OC(C1CCCCC1)C(C(C)Cl)(C(C)Cl)C(C)Cl. The minimum atomic E-state index is -0.721. The summed E-state index contributed by atoms with van der Waals surface area (Å²) in [6.45, 7) is 5.61. The van der Waals surface area contributed by atoms with Crippen molar-refractivity contribution < 1.29 is 14.3 Å². The fourth-order valence-electron chi connectivity index (χ4n) is 3.82. The summed E-state index contributed by atoms with van der Waals surface area (Å²) in [6, 6.07) is 0. The third-order valence-electron chi connectivity index (χ3n) is 5.03. The van der Waals surface area contributed by atoms with Crippen LogP contribution < -0.4 is 0 Å². The first-order chi connectivity index (χ1) is 10.3. The second-order valence-electron chi connectivity index (χ2n) is 6.24. The Morgan fingerprint density at radius 2 is 1.45 bits per heavy atom.